The van der Waals surface area contributed by atoms with Gasteiger partial charge in [0.15, 0.2) is 0 Å². The highest BCUT2D eigenvalue weighted by atomic mass is 32.1. The van der Waals surface area contributed by atoms with Crippen molar-refractivity contribution in [2.75, 3.05) is 17.7 Å². The molecule has 2 aromatic rings. The largest absolute Gasteiger partial charge is 0.478 e. The molecule has 1 aromatic carbocycles. The summed E-state index contributed by atoms with van der Waals surface area (Å²) >= 11 is 1.57. The Morgan fingerprint density at radius 1 is 1.41 bits per heavy atom. The minimum Gasteiger partial charge on any atom is -0.478 e. The van der Waals surface area contributed by atoms with Gasteiger partial charge in [-0.1, -0.05) is 0 Å². The second-order valence-corrected chi connectivity index (χ2v) is 4.52. The number of carboxylic acids is 1. The van der Waals surface area contributed by atoms with E-state index in [1.165, 1.54) is 6.07 Å². The van der Waals surface area contributed by atoms with Crippen molar-refractivity contribution in [3.05, 3.63) is 41.3 Å². The smallest absolute Gasteiger partial charge is 0.335 e. The summed E-state index contributed by atoms with van der Waals surface area (Å²) in [6.07, 6.45) is 0. The lowest BCUT2D eigenvalue weighted by Gasteiger charge is -2.19. The van der Waals surface area contributed by atoms with E-state index in [1.54, 1.807) is 23.5 Å². The Kier molecular flexibility index (Phi) is 3.01. The minimum absolute atomic E-state index is 0.234. The quantitative estimate of drug-likeness (QED) is 0.820. The Morgan fingerprint density at radius 3 is 2.76 bits per heavy atom. The van der Waals surface area contributed by atoms with Crippen molar-refractivity contribution in [2.45, 2.75) is 0 Å². The number of rotatable bonds is 3. The van der Waals surface area contributed by atoms with Gasteiger partial charge in [-0.3, -0.25) is 0 Å². The zero-order valence-corrected chi connectivity index (χ0v) is 10.1. The molecule has 3 N–H and O–H groups in total. The van der Waals surface area contributed by atoms with Crippen LogP contribution in [0.5, 0.6) is 0 Å². The molecule has 0 saturated heterocycles. The fourth-order valence-corrected chi connectivity index (χ4v) is 2.26. The molecule has 88 valence electrons. The third-order valence-corrected chi connectivity index (χ3v) is 3.42. The zero-order valence-electron chi connectivity index (χ0n) is 9.25. The highest BCUT2D eigenvalue weighted by Gasteiger charge is 2.11. The lowest BCUT2D eigenvalue weighted by Crippen LogP contribution is -2.11. The first-order valence-corrected chi connectivity index (χ1v) is 5.87. The van der Waals surface area contributed by atoms with E-state index in [-0.39, 0.29) is 5.56 Å². The SMILES string of the molecule is CN(c1cccs1)c1cc(C(=O)O)ccc1N. The van der Waals surface area contributed by atoms with Gasteiger partial charge in [-0.05, 0) is 35.7 Å². The van der Waals surface area contributed by atoms with Crippen LogP contribution < -0.4 is 10.6 Å². The molecule has 0 bridgehead atoms. The maximum absolute atomic E-state index is 10.9. The summed E-state index contributed by atoms with van der Waals surface area (Å²) in [6.45, 7) is 0. The van der Waals surface area contributed by atoms with Crippen molar-refractivity contribution in [1.29, 1.82) is 0 Å². The lowest BCUT2D eigenvalue weighted by molar-refractivity contribution is 0.0697. The Morgan fingerprint density at radius 2 is 2.18 bits per heavy atom. The molecule has 4 nitrogen and oxygen atoms in total. The van der Waals surface area contributed by atoms with Crippen molar-refractivity contribution in [1.82, 2.24) is 0 Å². The van der Waals surface area contributed by atoms with Crippen LogP contribution in [0, 0.1) is 0 Å². The normalized spacial score (nSPS) is 10.2. The fraction of sp³-hybridized carbons (Fsp3) is 0.0833. The summed E-state index contributed by atoms with van der Waals surface area (Å²) in [6, 6.07) is 8.59. The molecule has 17 heavy (non-hydrogen) atoms. The van der Waals surface area contributed by atoms with Gasteiger partial charge < -0.3 is 15.7 Å². The predicted octanol–water partition coefficient (Wildman–Crippen LogP) is 2.80. The fourth-order valence-electron chi connectivity index (χ4n) is 1.55. The molecule has 1 aromatic heterocycles. The van der Waals surface area contributed by atoms with Crippen LogP contribution in [0.1, 0.15) is 10.4 Å². The number of hydrogen-bond acceptors (Lipinski definition) is 4. The molecule has 5 heteroatoms. The van der Waals surface area contributed by atoms with Gasteiger partial charge in [0.2, 0.25) is 0 Å². The van der Waals surface area contributed by atoms with Crippen LogP contribution >= 0.6 is 11.3 Å². The van der Waals surface area contributed by atoms with Gasteiger partial charge in [-0.25, -0.2) is 4.79 Å². The molecule has 0 amide bonds. The van der Waals surface area contributed by atoms with Crippen LogP contribution in [-0.2, 0) is 0 Å². The van der Waals surface area contributed by atoms with Gasteiger partial charge in [-0.15, -0.1) is 11.3 Å². The van der Waals surface area contributed by atoms with Crippen LogP contribution in [0.15, 0.2) is 35.7 Å². The van der Waals surface area contributed by atoms with Gasteiger partial charge in [0.1, 0.15) is 0 Å². The van der Waals surface area contributed by atoms with Crippen molar-refractivity contribution in [2.24, 2.45) is 0 Å². The van der Waals surface area contributed by atoms with Crippen LogP contribution in [0.25, 0.3) is 0 Å². The number of anilines is 3. The molecule has 0 fully saturated rings. The summed E-state index contributed by atoms with van der Waals surface area (Å²) in [5.41, 5.74) is 7.36. The molecule has 2 rings (SSSR count). The summed E-state index contributed by atoms with van der Waals surface area (Å²) in [7, 11) is 1.86. The molecule has 0 atom stereocenters. The summed E-state index contributed by atoms with van der Waals surface area (Å²) in [5.74, 6) is -0.953. The van der Waals surface area contributed by atoms with E-state index < -0.39 is 5.97 Å². The first-order valence-electron chi connectivity index (χ1n) is 4.99. The molecular weight excluding hydrogens is 236 g/mol. The maximum Gasteiger partial charge on any atom is 0.335 e. The molecule has 0 spiro atoms. The number of benzene rings is 1. The Balaban J connectivity index is 2.44. The zero-order chi connectivity index (χ0) is 12.4. The third-order valence-electron chi connectivity index (χ3n) is 2.48. The summed E-state index contributed by atoms with van der Waals surface area (Å²) in [4.78, 5) is 12.8. The first-order chi connectivity index (χ1) is 8.09. The standard InChI is InChI=1S/C12H12N2O2S/c1-14(11-3-2-6-17-11)10-7-8(12(15)16)4-5-9(10)13/h2-7H,13H2,1H3,(H,15,16). The molecule has 0 aliphatic carbocycles. The van der Waals surface area contributed by atoms with Crippen molar-refractivity contribution in [3.63, 3.8) is 0 Å². The number of hydrogen-bond donors (Lipinski definition) is 2. The first kappa shape index (κ1) is 11.5. The van der Waals surface area contributed by atoms with Crippen LogP contribution in [-0.4, -0.2) is 18.1 Å². The molecule has 0 aliphatic heterocycles. The highest BCUT2D eigenvalue weighted by molar-refractivity contribution is 7.14. The van der Waals surface area contributed by atoms with E-state index in [4.69, 9.17) is 10.8 Å². The Bertz CT molecular complexity index is 537. The van der Waals surface area contributed by atoms with Crippen molar-refractivity contribution in [3.8, 4) is 0 Å². The van der Waals surface area contributed by atoms with E-state index in [0.29, 0.717) is 11.4 Å². The maximum atomic E-state index is 10.9. The molecule has 0 saturated carbocycles. The van der Waals surface area contributed by atoms with E-state index >= 15 is 0 Å². The van der Waals surface area contributed by atoms with Crippen LogP contribution in [0.4, 0.5) is 16.4 Å². The van der Waals surface area contributed by atoms with E-state index in [2.05, 4.69) is 0 Å². The van der Waals surface area contributed by atoms with Gasteiger partial charge in [0.05, 0.1) is 21.9 Å². The number of carboxylic acid groups (broad SMARTS) is 1. The number of nitrogen functional groups attached to an aromatic ring is 1. The average Bonchev–Trinajstić information content (AvgIpc) is 2.81. The predicted molar refractivity (Wildman–Crippen MR) is 70.2 cm³/mol. The summed E-state index contributed by atoms with van der Waals surface area (Å²) in [5, 5.41) is 11.9. The van der Waals surface area contributed by atoms with Gasteiger partial charge in [0.25, 0.3) is 0 Å². The second-order valence-electron chi connectivity index (χ2n) is 3.59. The molecule has 0 aliphatic rings. The number of thiophene rings is 1. The van der Waals surface area contributed by atoms with E-state index in [0.717, 1.165) is 5.00 Å². The Labute approximate surface area is 103 Å². The highest BCUT2D eigenvalue weighted by Crippen LogP contribution is 2.32. The number of carbonyl (C=O) groups is 1. The number of nitrogens with zero attached hydrogens (tertiary/aromatic N) is 1. The second kappa shape index (κ2) is 4.47. The van der Waals surface area contributed by atoms with Crippen LogP contribution in [0.3, 0.4) is 0 Å². The Hall–Kier alpha value is -2.01. The van der Waals surface area contributed by atoms with Crippen molar-refractivity contribution >= 4 is 33.7 Å². The lowest BCUT2D eigenvalue weighted by atomic mass is 10.1. The van der Waals surface area contributed by atoms with Gasteiger partial charge in [-0.2, -0.15) is 0 Å². The molecule has 0 unspecified atom stereocenters. The van der Waals surface area contributed by atoms with E-state index in [1.807, 2.05) is 29.5 Å². The molecule has 1 heterocycles. The number of aromatic carboxylic acids is 1. The molecule has 0 radical (unpaired) electrons. The average molecular weight is 248 g/mol. The van der Waals surface area contributed by atoms with Crippen LogP contribution in [0.2, 0.25) is 0 Å². The van der Waals surface area contributed by atoms with Gasteiger partial charge in [0, 0.05) is 7.05 Å². The molecular formula is C12H12N2O2S. The minimum atomic E-state index is -0.953. The monoisotopic (exact) mass is 248 g/mol. The van der Waals surface area contributed by atoms with Gasteiger partial charge >= 0.3 is 5.97 Å². The summed E-state index contributed by atoms with van der Waals surface area (Å²) < 4.78 is 0. The number of nitrogens with two attached hydrogens (primary N) is 1. The third kappa shape index (κ3) is 2.24. The topological polar surface area (TPSA) is 66.6 Å². The van der Waals surface area contributed by atoms with E-state index in [9.17, 15) is 4.79 Å². The van der Waals surface area contributed by atoms with Crippen molar-refractivity contribution < 1.29 is 9.90 Å².